The van der Waals surface area contributed by atoms with E-state index in [0.717, 1.165) is 71.5 Å². The number of nitrogens with one attached hydrogen (secondary N) is 2. The van der Waals surface area contributed by atoms with Crippen molar-refractivity contribution in [1.82, 2.24) is 24.8 Å². The minimum absolute atomic E-state index is 0.0194. The number of piperazine rings is 1. The molecule has 0 aliphatic carbocycles. The summed E-state index contributed by atoms with van der Waals surface area (Å²) < 4.78 is 0. The molecule has 3 aromatic heterocycles. The van der Waals surface area contributed by atoms with Gasteiger partial charge in [-0.1, -0.05) is 30.3 Å². The molecule has 2 N–H and O–H groups in total. The van der Waals surface area contributed by atoms with Gasteiger partial charge in [0.15, 0.2) is 5.43 Å². The van der Waals surface area contributed by atoms with Gasteiger partial charge >= 0.3 is 0 Å². The Labute approximate surface area is 197 Å². The lowest BCUT2D eigenvalue weighted by Gasteiger charge is -2.32. The van der Waals surface area contributed by atoms with Crippen LogP contribution in [0.3, 0.4) is 0 Å². The largest absolute Gasteiger partial charge is 0.361 e. The summed E-state index contributed by atoms with van der Waals surface area (Å²) in [5.74, 6) is 0. The Balaban J connectivity index is 1.30. The van der Waals surface area contributed by atoms with E-state index in [1.54, 1.807) is 12.3 Å². The Bertz CT molecular complexity index is 1520. The molecule has 0 spiro atoms. The van der Waals surface area contributed by atoms with Crippen LogP contribution in [-0.4, -0.2) is 58.0 Å². The predicted octanol–water partition coefficient (Wildman–Crippen LogP) is 4.49. The van der Waals surface area contributed by atoms with Crippen LogP contribution in [0.2, 0.25) is 0 Å². The smallest absolute Gasteiger partial charge is 0.189 e. The van der Waals surface area contributed by atoms with Crippen LogP contribution in [0.5, 0.6) is 0 Å². The van der Waals surface area contributed by atoms with Gasteiger partial charge in [0.25, 0.3) is 0 Å². The highest BCUT2D eigenvalue weighted by molar-refractivity contribution is 5.97. The highest BCUT2D eigenvalue weighted by Gasteiger charge is 2.14. The van der Waals surface area contributed by atoms with E-state index in [1.807, 2.05) is 30.6 Å². The number of nitrogens with zero attached hydrogens (tertiary/aromatic N) is 3. The zero-order chi connectivity index (χ0) is 23.1. The molecular formula is C28H27N5O. The van der Waals surface area contributed by atoms with Crippen LogP contribution in [0, 0.1) is 0 Å². The molecule has 0 unspecified atom stereocenters. The minimum atomic E-state index is 0.0194. The lowest BCUT2D eigenvalue weighted by atomic mass is 10.0. The summed E-state index contributed by atoms with van der Waals surface area (Å²) in [4.78, 5) is 28.3. The minimum Gasteiger partial charge on any atom is -0.361 e. The molecule has 1 aliphatic rings. The van der Waals surface area contributed by atoms with Gasteiger partial charge in [0.2, 0.25) is 0 Å². The summed E-state index contributed by atoms with van der Waals surface area (Å²) in [6.07, 6.45) is 5.57. The van der Waals surface area contributed by atoms with Crippen LogP contribution in [0.25, 0.3) is 44.2 Å². The molecule has 0 saturated carbocycles. The van der Waals surface area contributed by atoms with E-state index in [1.165, 1.54) is 5.56 Å². The molecule has 1 saturated heterocycles. The number of hydrogen-bond donors (Lipinski definition) is 2. The number of pyridine rings is 2. The molecule has 34 heavy (non-hydrogen) atoms. The lowest BCUT2D eigenvalue weighted by molar-refractivity contribution is 0.148. The van der Waals surface area contributed by atoms with Crippen LogP contribution in [0.15, 0.2) is 78.0 Å². The van der Waals surface area contributed by atoms with Gasteiger partial charge in [-0.15, -0.1) is 0 Å². The summed E-state index contributed by atoms with van der Waals surface area (Å²) in [6.45, 7) is 5.50. The van der Waals surface area contributed by atoms with Gasteiger partial charge in [0.05, 0.1) is 0 Å². The molecule has 0 amide bonds. The molecule has 4 heterocycles. The van der Waals surface area contributed by atoms with E-state index in [-0.39, 0.29) is 5.43 Å². The molecule has 6 rings (SSSR count). The topological polar surface area (TPSA) is 68.0 Å². The van der Waals surface area contributed by atoms with Crippen LogP contribution < -0.4 is 5.43 Å². The highest BCUT2D eigenvalue weighted by Crippen LogP contribution is 2.32. The Kier molecular flexibility index (Phi) is 5.24. The predicted molar refractivity (Wildman–Crippen MR) is 138 cm³/mol. The quantitative estimate of drug-likeness (QED) is 0.424. The van der Waals surface area contributed by atoms with Crippen LogP contribution in [0.4, 0.5) is 0 Å². The van der Waals surface area contributed by atoms with Gasteiger partial charge in [-0.2, -0.15) is 0 Å². The number of hydrogen-bond acceptors (Lipinski definition) is 4. The summed E-state index contributed by atoms with van der Waals surface area (Å²) in [5.41, 5.74) is 7.31. The summed E-state index contributed by atoms with van der Waals surface area (Å²) in [6, 6.07) is 18.5. The highest BCUT2D eigenvalue weighted by atomic mass is 16.1. The van der Waals surface area contributed by atoms with E-state index < -0.39 is 0 Å². The normalized spacial score (nSPS) is 15.3. The molecule has 5 aromatic rings. The third-order valence-electron chi connectivity index (χ3n) is 6.89. The maximum atomic E-state index is 12.3. The molecule has 6 nitrogen and oxygen atoms in total. The summed E-state index contributed by atoms with van der Waals surface area (Å²) in [5, 5.41) is 1.74. The second-order valence-corrected chi connectivity index (χ2v) is 9.20. The van der Waals surface area contributed by atoms with E-state index in [2.05, 4.69) is 62.1 Å². The zero-order valence-corrected chi connectivity index (χ0v) is 19.2. The van der Waals surface area contributed by atoms with Crippen molar-refractivity contribution in [3.8, 4) is 22.3 Å². The van der Waals surface area contributed by atoms with Gasteiger partial charge in [-0.3, -0.25) is 9.69 Å². The molecule has 0 radical (unpaired) electrons. The number of aromatic amines is 2. The molecule has 0 atom stereocenters. The van der Waals surface area contributed by atoms with E-state index in [9.17, 15) is 4.79 Å². The zero-order valence-electron chi connectivity index (χ0n) is 19.2. The van der Waals surface area contributed by atoms with E-state index in [0.29, 0.717) is 5.39 Å². The Hall–Kier alpha value is -3.74. The van der Waals surface area contributed by atoms with Crippen molar-refractivity contribution < 1.29 is 0 Å². The molecule has 0 bridgehead atoms. The fraction of sp³-hybridized carbons (Fsp3) is 0.214. The van der Waals surface area contributed by atoms with Crippen LogP contribution in [-0.2, 0) is 6.54 Å². The first kappa shape index (κ1) is 20.8. The first-order valence-corrected chi connectivity index (χ1v) is 11.7. The Morgan fingerprint density at radius 2 is 1.62 bits per heavy atom. The second-order valence-electron chi connectivity index (χ2n) is 9.20. The Morgan fingerprint density at radius 3 is 2.44 bits per heavy atom. The van der Waals surface area contributed by atoms with Gasteiger partial charge in [0.1, 0.15) is 5.65 Å². The van der Waals surface area contributed by atoms with E-state index in [4.69, 9.17) is 0 Å². The van der Waals surface area contributed by atoms with Crippen LogP contribution >= 0.6 is 0 Å². The van der Waals surface area contributed by atoms with Crippen molar-refractivity contribution in [3.05, 3.63) is 89.0 Å². The van der Waals surface area contributed by atoms with Crippen molar-refractivity contribution in [2.45, 2.75) is 6.54 Å². The van der Waals surface area contributed by atoms with Crippen molar-refractivity contribution >= 4 is 21.9 Å². The van der Waals surface area contributed by atoms with Crippen molar-refractivity contribution in [1.29, 1.82) is 0 Å². The maximum absolute atomic E-state index is 12.3. The molecule has 6 heteroatoms. The number of fused-ring (bicyclic) bond motifs is 2. The van der Waals surface area contributed by atoms with Gasteiger partial charge in [0, 0.05) is 84.8 Å². The summed E-state index contributed by atoms with van der Waals surface area (Å²) >= 11 is 0. The molecule has 1 aliphatic heterocycles. The molecule has 1 fully saturated rings. The third kappa shape index (κ3) is 3.91. The van der Waals surface area contributed by atoms with Crippen LogP contribution in [0.1, 0.15) is 5.56 Å². The molecular weight excluding hydrogens is 422 g/mol. The Morgan fingerprint density at radius 1 is 0.853 bits per heavy atom. The van der Waals surface area contributed by atoms with Crippen molar-refractivity contribution in [3.63, 3.8) is 0 Å². The van der Waals surface area contributed by atoms with Gasteiger partial charge in [-0.25, -0.2) is 4.98 Å². The number of benzene rings is 2. The maximum Gasteiger partial charge on any atom is 0.189 e. The number of aromatic nitrogens is 3. The fourth-order valence-electron chi connectivity index (χ4n) is 4.81. The third-order valence-corrected chi connectivity index (χ3v) is 6.89. The average Bonchev–Trinajstić information content (AvgIpc) is 3.29. The molecule has 2 aromatic carbocycles. The summed E-state index contributed by atoms with van der Waals surface area (Å²) in [7, 11) is 2.19. The second kappa shape index (κ2) is 8.56. The van der Waals surface area contributed by atoms with E-state index >= 15 is 0 Å². The average molecular weight is 450 g/mol. The van der Waals surface area contributed by atoms with Crippen molar-refractivity contribution in [2.75, 3.05) is 33.2 Å². The van der Waals surface area contributed by atoms with Gasteiger partial charge < -0.3 is 14.9 Å². The molecule has 170 valence electrons. The lowest BCUT2D eigenvalue weighted by Crippen LogP contribution is -2.43. The standard InChI is InChI=1S/C28H27N5O/c1-32-10-12-33(13-11-32)18-19-2-4-20(5-3-19)22-15-23-25(17-31-28(23)30-16-22)21-6-7-26-24(14-21)27(34)8-9-29-26/h2-9,14-17H,10-13,18H2,1H3,(H,29,34)(H,30,31). The van der Waals surface area contributed by atoms with Gasteiger partial charge in [-0.05, 0) is 41.9 Å². The van der Waals surface area contributed by atoms with Crippen molar-refractivity contribution in [2.24, 2.45) is 0 Å². The fourth-order valence-corrected chi connectivity index (χ4v) is 4.81. The number of H-pyrrole nitrogens is 2. The number of likely N-dealkylation sites (N-methyl/N-ethyl adjacent to an activating group) is 1. The monoisotopic (exact) mass is 449 g/mol. The first-order chi connectivity index (χ1) is 16.6. The first-order valence-electron chi connectivity index (χ1n) is 11.7. The SMILES string of the molecule is CN1CCN(Cc2ccc(-c3cnc4[nH]cc(-c5ccc6[nH]ccc(=O)c6c5)c4c3)cc2)CC1. The number of rotatable bonds is 4.